The van der Waals surface area contributed by atoms with E-state index < -0.39 is 0 Å². The molecule has 0 radical (unpaired) electrons. The summed E-state index contributed by atoms with van der Waals surface area (Å²) in [5.41, 5.74) is 8.90. The minimum absolute atomic E-state index is 0.0239. The van der Waals surface area contributed by atoms with Crippen molar-refractivity contribution in [1.29, 1.82) is 0 Å². The summed E-state index contributed by atoms with van der Waals surface area (Å²) < 4.78 is 0.396. The van der Waals surface area contributed by atoms with E-state index in [9.17, 15) is 0 Å². The van der Waals surface area contributed by atoms with Gasteiger partial charge in [0.2, 0.25) is 0 Å². The Morgan fingerprint density at radius 3 is 1.50 bits per heavy atom. The first-order valence-corrected chi connectivity index (χ1v) is 21.9. The summed E-state index contributed by atoms with van der Waals surface area (Å²) in [6.45, 7) is 11.6. The Hall–Kier alpha value is 0.860. The molecule has 2 aromatic carbocycles. The van der Waals surface area contributed by atoms with Crippen molar-refractivity contribution in [2.24, 2.45) is 0 Å². The van der Waals surface area contributed by atoms with E-state index in [4.69, 9.17) is 23.2 Å². The number of halogens is 2. The number of unbranched alkanes of at least 4 members (excludes halogenated alkanes) is 1. The van der Waals surface area contributed by atoms with Gasteiger partial charge < -0.3 is 0 Å². The van der Waals surface area contributed by atoms with Gasteiger partial charge >= 0.3 is 0 Å². The minimum atomic E-state index is 0.0239. The first-order chi connectivity index (χ1) is 20.0. The van der Waals surface area contributed by atoms with Crippen LogP contribution in [-0.2, 0) is 8.16 Å². The van der Waals surface area contributed by atoms with Crippen LogP contribution in [0.3, 0.4) is 0 Å². The lowest BCUT2D eigenvalue weighted by molar-refractivity contribution is 0.704. The zero-order valence-corrected chi connectivity index (χ0v) is 32.0. The summed E-state index contributed by atoms with van der Waals surface area (Å²) in [4.78, 5) is 0. The van der Waals surface area contributed by atoms with Gasteiger partial charge in [0.25, 0.3) is 0 Å². The van der Waals surface area contributed by atoms with Crippen LogP contribution in [0.5, 0.6) is 0 Å². The van der Waals surface area contributed by atoms with Gasteiger partial charge in [-0.25, -0.2) is 0 Å². The summed E-state index contributed by atoms with van der Waals surface area (Å²) in [5.74, 6) is 7.40. The van der Waals surface area contributed by atoms with Crippen LogP contribution in [0.1, 0.15) is 92.7 Å². The van der Waals surface area contributed by atoms with Gasteiger partial charge in [-0.3, -0.25) is 0 Å². The molecule has 0 unspecified atom stereocenters. The molecular weight excluding hydrogens is 672 g/mol. The Morgan fingerprint density at radius 2 is 1.07 bits per heavy atom. The Labute approximate surface area is 290 Å². The van der Waals surface area contributed by atoms with Crippen molar-refractivity contribution < 1.29 is 0 Å². The monoisotopic (exact) mass is 714 g/mol. The molecule has 3 saturated heterocycles. The largest absolute Gasteiger partial charge is 0.144 e. The highest BCUT2D eigenvalue weighted by Crippen LogP contribution is 2.54. The van der Waals surface area contributed by atoms with Crippen LogP contribution in [0.15, 0.2) is 30.3 Å². The second-order valence-corrected chi connectivity index (χ2v) is 22.8. The van der Waals surface area contributed by atoms with E-state index >= 15 is 0 Å². The lowest BCUT2D eigenvalue weighted by atomic mass is 9.90. The Kier molecular flexibility index (Phi) is 12.0. The van der Waals surface area contributed by atoms with Gasteiger partial charge in [0.1, 0.15) is 0 Å². The highest BCUT2D eigenvalue weighted by Gasteiger charge is 2.35. The number of thioether (sulfide) groups is 6. The SMILES string of the molecule is Cc1c(Cl)cc(C(=CCCCC2(C)SCCCS2)c2cc(Cl)c(C)c(C3(C)SCCCS3)c2)cc1C1(C)SCCCS1. The highest BCUT2D eigenvalue weighted by molar-refractivity contribution is 8.19. The number of hydrogen-bond acceptors (Lipinski definition) is 6. The summed E-state index contributed by atoms with van der Waals surface area (Å²) >= 11 is 26.7. The molecule has 0 nitrogen and oxygen atoms in total. The van der Waals surface area contributed by atoms with E-state index in [1.807, 2.05) is 0 Å². The standard InChI is InChI=1S/C34H44Cl2S6/c1-23-28(33(4)39-15-9-16-40-33)19-25(21-30(23)35)27(11-6-7-12-32(3)37-13-8-14-38-32)26-20-29(24(2)31(36)22-26)34(5)41-17-10-18-42-34/h11,19-22H,6-10,12-18H2,1-5H3. The van der Waals surface area contributed by atoms with Crippen molar-refractivity contribution >= 4 is 99.3 Å². The molecule has 3 aliphatic heterocycles. The summed E-state index contributed by atoms with van der Waals surface area (Å²) in [7, 11) is 0. The van der Waals surface area contributed by atoms with Crippen molar-refractivity contribution in [3.8, 4) is 0 Å². The van der Waals surface area contributed by atoms with E-state index in [0.29, 0.717) is 4.08 Å². The molecule has 5 rings (SSSR count). The van der Waals surface area contributed by atoms with Crippen molar-refractivity contribution in [3.63, 3.8) is 0 Å². The Morgan fingerprint density at radius 1 is 0.667 bits per heavy atom. The molecule has 0 atom stereocenters. The van der Waals surface area contributed by atoms with Gasteiger partial charge in [-0.05, 0) is 171 Å². The van der Waals surface area contributed by atoms with Crippen molar-refractivity contribution in [3.05, 3.63) is 73.8 Å². The zero-order valence-electron chi connectivity index (χ0n) is 25.6. The maximum atomic E-state index is 7.06. The average molecular weight is 716 g/mol. The van der Waals surface area contributed by atoms with E-state index in [2.05, 4.69) is 136 Å². The number of rotatable bonds is 8. The van der Waals surface area contributed by atoms with E-state index in [1.165, 1.54) is 106 Å². The number of benzene rings is 2. The molecule has 8 heteroatoms. The lowest BCUT2D eigenvalue weighted by Crippen LogP contribution is -2.21. The van der Waals surface area contributed by atoms with Gasteiger partial charge in [-0.2, -0.15) is 0 Å². The fourth-order valence-electron chi connectivity index (χ4n) is 6.08. The first-order valence-electron chi connectivity index (χ1n) is 15.2. The second kappa shape index (κ2) is 14.7. The molecule has 3 heterocycles. The smallest absolute Gasteiger partial charge is 0.0835 e. The third-order valence-electron chi connectivity index (χ3n) is 8.66. The molecule has 0 N–H and O–H groups in total. The van der Waals surface area contributed by atoms with Gasteiger partial charge in [0.15, 0.2) is 0 Å². The summed E-state index contributed by atoms with van der Waals surface area (Å²) in [5, 5.41) is 1.74. The third-order valence-corrected chi connectivity index (χ3v) is 19.2. The number of hydrogen-bond donors (Lipinski definition) is 0. The van der Waals surface area contributed by atoms with Crippen LogP contribution in [0.25, 0.3) is 5.57 Å². The molecule has 42 heavy (non-hydrogen) atoms. The van der Waals surface area contributed by atoms with Gasteiger partial charge in [-0.1, -0.05) is 29.3 Å². The van der Waals surface area contributed by atoms with Gasteiger partial charge in [0, 0.05) is 10.0 Å². The lowest BCUT2D eigenvalue weighted by Gasteiger charge is -2.35. The van der Waals surface area contributed by atoms with Crippen molar-refractivity contribution in [1.82, 2.24) is 0 Å². The molecule has 0 aromatic heterocycles. The molecule has 3 fully saturated rings. The van der Waals surface area contributed by atoms with Crippen LogP contribution in [-0.4, -0.2) is 38.6 Å². The fourth-order valence-corrected chi connectivity index (χ4v) is 15.8. The predicted molar refractivity (Wildman–Crippen MR) is 205 cm³/mol. The minimum Gasteiger partial charge on any atom is -0.144 e. The van der Waals surface area contributed by atoms with Crippen molar-refractivity contribution in [2.45, 2.75) is 85.4 Å². The predicted octanol–water partition coefficient (Wildman–Crippen LogP) is 12.9. The van der Waals surface area contributed by atoms with Gasteiger partial charge in [0.05, 0.1) is 12.2 Å². The van der Waals surface area contributed by atoms with Crippen LogP contribution < -0.4 is 0 Å². The summed E-state index contributed by atoms with van der Waals surface area (Å²) in [6, 6.07) is 9.32. The molecule has 0 saturated carbocycles. The Bertz CT molecular complexity index is 1210. The van der Waals surface area contributed by atoms with E-state index in [-0.39, 0.29) is 8.16 Å². The molecule has 0 bridgehead atoms. The Balaban J connectivity index is 1.56. The molecule has 3 aliphatic rings. The topological polar surface area (TPSA) is 0 Å². The summed E-state index contributed by atoms with van der Waals surface area (Å²) in [6.07, 6.45) is 9.86. The fraction of sp³-hybridized carbons (Fsp3) is 0.588. The molecule has 2 aromatic rings. The highest BCUT2D eigenvalue weighted by atomic mass is 35.5. The van der Waals surface area contributed by atoms with Crippen molar-refractivity contribution in [2.75, 3.05) is 34.5 Å². The van der Waals surface area contributed by atoms with Crippen LogP contribution in [0.2, 0.25) is 10.0 Å². The maximum absolute atomic E-state index is 7.06. The van der Waals surface area contributed by atoms with Crippen LogP contribution in [0, 0.1) is 13.8 Å². The van der Waals surface area contributed by atoms with Gasteiger partial charge in [-0.15, -0.1) is 70.6 Å². The first kappa shape index (κ1) is 34.2. The quantitative estimate of drug-likeness (QED) is 0.248. The molecule has 0 aliphatic carbocycles. The molecule has 0 amide bonds. The van der Waals surface area contributed by atoms with Crippen LogP contribution >= 0.6 is 93.8 Å². The second-order valence-electron chi connectivity index (χ2n) is 11.9. The average Bonchev–Trinajstić information content (AvgIpc) is 2.97. The molecule has 230 valence electrons. The third kappa shape index (κ3) is 7.86. The molecular formula is C34H44Cl2S6. The van der Waals surface area contributed by atoms with E-state index in [0.717, 1.165) is 16.5 Å². The maximum Gasteiger partial charge on any atom is 0.0835 e. The van der Waals surface area contributed by atoms with E-state index in [1.54, 1.807) is 0 Å². The molecule has 0 spiro atoms. The van der Waals surface area contributed by atoms with Crippen LogP contribution in [0.4, 0.5) is 0 Å². The zero-order chi connectivity index (χ0) is 30.0. The number of allylic oxidation sites excluding steroid dienone is 1. The normalized spacial score (nSPS) is 21.6.